The first-order valence-corrected chi connectivity index (χ1v) is 4.56. The Kier molecular flexibility index (Phi) is 4.46. The Morgan fingerprint density at radius 1 is 1.17 bits per heavy atom. The number of hydrogen-bond donors (Lipinski definition) is 1. The summed E-state index contributed by atoms with van der Waals surface area (Å²) >= 11 is 0. The number of ketones is 1. The molecule has 12 heavy (non-hydrogen) atoms. The number of hydrogen-bond acceptors (Lipinski definition) is 2. The van der Waals surface area contributed by atoms with Crippen molar-refractivity contribution in [2.45, 2.75) is 40.7 Å². The summed E-state index contributed by atoms with van der Waals surface area (Å²) in [6.45, 7) is 9.41. The summed E-state index contributed by atoms with van der Waals surface area (Å²) in [5.74, 6) is 0.433. The molecule has 0 aromatic carbocycles. The molecule has 0 rings (SSSR count). The fraction of sp³-hybridized carbons (Fsp3) is 0.900. The lowest BCUT2D eigenvalue weighted by molar-refractivity contribution is -0.125. The number of rotatable bonds is 4. The predicted octanol–water partition coefficient (Wildman–Crippen LogP) is 1.86. The molecule has 0 aromatic heterocycles. The molecular formula is C10H20O2. The van der Waals surface area contributed by atoms with Crippen LogP contribution in [-0.2, 0) is 4.79 Å². The molecule has 0 heterocycles. The number of Topliss-reactive ketones (excluding diaryl/α,β-unsaturated/α-hetero) is 1. The fourth-order valence-electron chi connectivity index (χ4n) is 1.09. The largest absolute Gasteiger partial charge is 0.392 e. The maximum Gasteiger partial charge on any atom is 0.135 e. The first-order valence-electron chi connectivity index (χ1n) is 4.56. The number of aliphatic hydroxyl groups excluding tert-OH is 1. The van der Waals surface area contributed by atoms with Crippen LogP contribution in [0.15, 0.2) is 0 Å². The van der Waals surface area contributed by atoms with Crippen molar-refractivity contribution in [3.05, 3.63) is 0 Å². The third kappa shape index (κ3) is 2.94. The molecule has 0 aliphatic carbocycles. The Bertz CT molecular complexity index is 152. The van der Waals surface area contributed by atoms with Gasteiger partial charge in [-0.3, -0.25) is 4.79 Å². The molecule has 0 aliphatic heterocycles. The average Bonchev–Trinajstić information content (AvgIpc) is 2.00. The van der Waals surface area contributed by atoms with Crippen molar-refractivity contribution < 1.29 is 9.90 Å². The van der Waals surface area contributed by atoms with Crippen LogP contribution < -0.4 is 0 Å². The number of aliphatic hydroxyl groups is 1. The van der Waals surface area contributed by atoms with Crippen molar-refractivity contribution >= 4 is 5.78 Å². The van der Waals surface area contributed by atoms with Crippen LogP contribution in [0.5, 0.6) is 0 Å². The van der Waals surface area contributed by atoms with E-state index < -0.39 is 6.10 Å². The molecule has 0 aliphatic rings. The summed E-state index contributed by atoms with van der Waals surface area (Å²) < 4.78 is 0. The molecule has 2 nitrogen and oxygen atoms in total. The highest BCUT2D eigenvalue weighted by molar-refractivity contribution is 5.78. The highest BCUT2D eigenvalue weighted by Gasteiger charge is 2.25. The third-order valence-electron chi connectivity index (χ3n) is 2.74. The van der Waals surface area contributed by atoms with E-state index in [2.05, 4.69) is 13.8 Å². The van der Waals surface area contributed by atoms with Crippen LogP contribution in [0.25, 0.3) is 0 Å². The van der Waals surface area contributed by atoms with Crippen LogP contribution in [0.1, 0.15) is 34.6 Å². The van der Waals surface area contributed by atoms with Gasteiger partial charge < -0.3 is 5.11 Å². The van der Waals surface area contributed by atoms with E-state index in [9.17, 15) is 9.90 Å². The number of carbonyl (C=O) groups excluding carboxylic acids is 1. The molecule has 0 unspecified atom stereocenters. The van der Waals surface area contributed by atoms with Gasteiger partial charge in [-0.15, -0.1) is 0 Å². The maximum absolute atomic E-state index is 11.0. The molecule has 3 atom stereocenters. The van der Waals surface area contributed by atoms with E-state index in [0.29, 0.717) is 5.92 Å². The molecule has 0 fully saturated rings. The van der Waals surface area contributed by atoms with Gasteiger partial charge in [0.05, 0.1) is 6.10 Å². The van der Waals surface area contributed by atoms with Crippen LogP contribution in [0, 0.1) is 17.8 Å². The van der Waals surface area contributed by atoms with E-state index in [4.69, 9.17) is 0 Å². The second-order valence-electron chi connectivity index (χ2n) is 3.99. The quantitative estimate of drug-likeness (QED) is 0.703. The molecule has 72 valence electrons. The normalized spacial score (nSPS) is 18.9. The minimum Gasteiger partial charge on any atom is -0.392 e. The zero-order valence-corrected chi connectivity index (χ0v) is 8.66. The molecule has 0 bridgehead atoms. The second-order valence-corrected chi connectivity index (χ2v) is 3.99. The van der Waals surface area contributed by atoms with Crippen LogP contribution in [0.2, 0.25) is 0 Å². The maximum atomic E-state index is 11.0. The van der Waals surface area contributed by atoms with Gasteiger partial charge in [-0.2, -0.15) is 0 Å². The molecule has 0 spiro atoms. The molecule has 0 amide bonds. The van der Waals surface area contributed by atoms with Crippen LogP contribution in [-0.4, -0.2) is 17.0 Å². The molecule has 0 radical (unpaired) electrons. The second kappa shape index (κ2) is 4.61. The Balaban J connectivity index is 4.18. The zero-order valence-electron chi connectivity index (χ0n) is 8.66. The molecular weight excluding hydrogens is 152 g/mol. The summed E-state index contributed by atoms with van der Waals surface area (Å²) in [4.78, 5) is 11.0. The summed E-state index contributed by atoms with van der Waals surface area (Å²) in [5, 5.41) is 9.71. The third-order valence-corrected chi connectivity index (χ3v) is 2.74. The Hall–Kier alpha value is -0.370. The van der Waals surface area contributed by atoms with Gasteiger partial charge in [-0.25, -0.2) is 0 Å². The lowest BCUT2D eigenvalue weighted by Crippen LogP contribution is -2.32. The van der Waals surface area contributed by atoms with Gasteiger partial charge in [0.15, 0.2) is 0 Å². The van der Waals surface area contributed by atoms with Crippen LogP contribution in [0.4, 0.5) is 0 Å². The topological polar surface area (TPSA) is 37.3 Å². The predicted molar refractivity (Wildman–Crippen MR) is 49.9 cm³/mol. The van der Waals surface area contributed by atoms with Gasteiger partial charge in [0.2, 0.25) is 0 Å². The van der Waals surface area contributed by atoms with Crippen molar-refractivity contribution in [2.75, 3.05) is 0 Å². The van der Waals surface area contributed by atoms with E-state index in [1.54, 1.807) is 6.92 Å². The molecule has 0 aromatic rings. The standard InChI is InChI=1S/C10H20O2/c1-6(2)7(3)10(12)8(4)9(5)11/h6-8,10,12H,1-5H3/t7-,8-,10-/m0/s1. The first kappa shape index (κ1) is 11.6. The van der Waals surface area contributed by atoms with E-state index in [1.807, 2.05) is 6.92 Å². The van der Waals surface area contributed by atoms with Gasteiger partial charge in [0.25, 0.3) is 0 Å². The Morgan fingerprint density at radius 3 is 1.83 bits per heavy atom. The van der Waals surface area contributed by atoms with Crippen LogP contribution >= 0.6 is 0 Å². The SMILES string of the molecule is CC(=O)[C@H](C)[C@@H](O)[C@@H](C)C(C)C. The van der Waals surface area contributed by atoms with Crippen molar-refractivity contribution in [3.8, 4) is 0 Å². The Labute approximate surface area is 75.0 Å². The van der Waals surface area contributed by atoms with E-state index in [0.717, 1.165) is 0 Å². The summed E-state index contributed by atoms with van der Waals surface area (Å²) in [7, 11) is 0. The summed E-state index contributed by atoms with van der Waals surface area (Å²) in [5.41, 5.74) is 0. The molecule has 2 heteroatoms. The zero-order chi connectivity index (χ0) is 9.89. The van der Waals surface area contributed by atoms with Crippen molar-refractivity contribution in [1.29, 1.82) is 0 Å². The van der Waals surface area contributed by atoms with Gasteiger partial charge in [-0.05, 0) is 18.8 Å². The average molecular weight is 172 g/mol. The lowest BCUT2D eigenvalue weighted by Gasteiger charge is -2.25. The highest BCUT2D eigenvalue weighted by atomic mass is 16.3. The monoisotopic (exact) mass is 172 g/mol. The smallest absolute Gasteiger partial charge is 0.135 e. The van der Waals surface area contributed by atoms with E-state index in [1.165, 1.54) is 6.92 Å². The van der Waals surface area contributed by atoms with Crippen molar-refractivity contribution in [3.63, 3.8) is 0 Å². The molecule has 0 saturated carbocycles. The minimum absolute atomic E-state index is 0.0648. The summed E-state index contributed by atoms with van der Waals surface area (Å²) in [6.07, 6.45) is -0.498. The lowest BCUT2D eigenvalue weighted by atomic mass is 9.84. The highest BCUT2D eigenvalue weighted by Crippen LogP contribution is 2.20. The summed E-state index contributed by atoms with van der Waals surface area (Å²) in [6, 6.07) is 0. The van der Waals surface area contributed by atoms with Gasteiger partial charge in [-0.1, -0.05) is 27.7 Å². The fourth-order valence-corrected chi connectivity index (χ4v) is 1.09. The van der Waals surface area contributed by atoms with E-state index >= 15 is 0 Å². The first-order chi connectivity index (χ1) is 5.37. The van der Waals surface area contributed by atoms with Crippen LogP contribution in [0.3, 0.4) is 0 Å². The minimum atomic E-state index is -0.498. The van der Waals surface area contributed by atoms with Gasteiger partial charge in [0, 0.05) is 5.92 Å². The number of carbonyl (C=O) groups is 1. The van der Waals surface area contributed by atoms with Gasteiger partial charge in [0.1, 0.15) is 5.78 Å². The van der Waals surface area contributed by atoms with Crippen molar-refractivity contribution in [1.82, 2.24) is 0 Å². The molecule has 1 N–H and O–H groups in total. The molecule has 0 saturated heterocycles. The Morgan fingerprint density at radius 2 is 1.58 bits per heavy atom. The van der Waals surface area contributed by atoms with Gasteiger partial charge >= 0.3 is 0 Å². The van der Waals surface area contributed by atoms with Crippen molar-refractivity contribution in [2.24, 2.45) is 17.8 Å². The van der Waals surface area contributed by atoms with E-state index in [-0.39, 0.29) is 17.6 Å².